The van der Waals surface area contributed by atoms with Crippen LogP contribution in [-0.4, -0.2) is 31.2 Å². The molecule has 30 heavy (non-hydrogen) atoms. The fraction of sp³-hybridized carbons (Fsp3) is 0.0952. The number of H-pyrrole nitrogens is 1. The number of thioether (sulfide) groups is 1. The summed E-state index contributed by atoms with van der Waals surface area (Å²) in [7, 11) is 0. The Morgan fingerprint density at radius 3 is 2.70 bits per heavy atom. The standard InChI is InChI=1S/C21H16N6O2S/c1-12-11-16(27-29-12)23-20(28)18(13-7-3-2-4-8-13)30-21-24-19-17(25-26-21)14-9-5-6-10-15(14)22-19/h2-11,18H,1H3,(H,22,24,26)(H,23,27,28)/t18-/m0/s1. The number of aryl methyl sites for hydroxylation is 1. The van der Waals surface area contributed by atoms with Gasteiger partial charge in [0, 0.05) is 17.0 Å². The third kappa shape index (κ3) is 3.50. The van der Waals surface area contributed by atoms with E-state index in [0.717, 1.165) is 16.5 Å². The number of hydrogen-bond donors (Lipinski definition) is 2. The minimum atomic E-state index is -0.591. The van der Waals surface area contributed by atoms with Gasteiger partial charge in [0.2, 0.25) is 11.1 Å². The molecule has 0 aliphatic carbocycles. The first kappa shape index (κ1) is 18.3. The maximum atomic E-state index is 13.0. The van der Waals surface area contributed by atoms with Gasteiger partial charge in [-0.25, -0.2) is 4.98 Å². The van der Waals surface area contributed by atoms with Crippen molar-refractivity contribution < 1.29 is 9.32 Å². The molecule has 3 aromatic heterocycles. The minimum Gasteiger partial charge on any atom is -0.360 e. The fourth-order valence-electron chi connectivity index (χ4n) is 3.18. The van der Waals surface area contributed by atoms with Gasteiger partial charge in [-0.15, -0.1) is 10.2 Å². The Hall–Kier alpha value is -3.72. The van der Waals surface area contributed by atoms with E-state index in [-0.39, 0.29) is 5.91 Å². The smallest absolute Gasteiger partial charge is 0.243 e. The van der Waals surface area contributed by atoms with Crippen molar-refractivity contribution in [2.45, 2.75) is 17.3 Å². The molecule has 0 bridgehead atoms. The topological polar surface area (TPSA) is 110 Å². The van der Waals surface area contributed by atoms with Crippen molar-refractivity contribution in [3.8, 4) is 0 Å². The molecule has 0 saturated heterocycles. The molecule has 9 heteroatoms. The van der Waals surface area contributed by atoms with Crippen LogP contribution < -0.4 is 5.32 Å². The van der Waals surface area contributed by atoms with Crippen LogP contribution in [0.1, 0.15) is 16.6 Å². The Labute approximate surface area is 175 Å². The molecule has 0 saturated carbocycles. The number of fused-ring (bicyclic) bond motifs is 3. The quantitative estimate of drug-likeness (QED) is 0.412. The number of benzene rings is 2. The molecule has 2 aromatic carbocycles. The van der Waals surface area contributed by atoms with Gasteiger partial charge in [0.15, 0.2) is 11.5 Å². The number of para-hydroxylation sites is 1. The van der Waals surface area contributed by atoms with Crippen LogP contribution in [0.2, 0.25) is 0 Å². The first-order chi connectivity index (χ1) is 14.7. The van der Waals surface area contributed by atoms with Gasteiger partial charge in [-0.1, -0.05) is 65.4 Å². The van der Waals surface area contributed by atoms with Crippen LogP contribution in [-0.2, 0) is 4.79 Å². The molecule has 0 unspecified atom stereocenters. The van der Waals surface area contributed by atoms with E-state index in [0.29, 0.717) is 27.9 Å². The van der Waals surface area contributed by atoms with Crippen molar-refractivity contribution in [1.29, 1.82) is 0 Å². The highest BCUT2D eigenvalue weighted by Crippen LogP contribution is 2.35. The zero-order valence-electron chi connectivity index (χ0n) is 15.9. The molecule has 8 nitrogen and oxygen atoms in total. The number of nitrogens with zero attached hydrogens (tertiary/aromatic N) is 4. The van der Waals surface area contributed by atoms with E-state index in [2.05, 4.69) is 30.6 Å². The maximum Gasteiger partial charge on any atom is 0.243 e. The first-order valence-electron chi connectivity index (χ1n) is 9.24. The number of carbonyl (C=O) groups is 1. The molecule has 2 N–H and O–H groups in total. The third-order valence-corrected chi connectivity index (χ3v) is 5.65. The van der Waals surface area contributed by atoms with E-state index in [1.165, 1.54) is 11.8 Å². The van der Waals surface area contributed by atoms with Crippen LogP contribution >= 0.6 is 11.8 Å². The van der Waals surface area contributed by atoms with Gasteiger partial charge in [-0.2, -0.15) is 0 Å². The van der Waals surface area contributed by atoms with Gasteiger partial charge in [-0.3, -0.25) is 4.79 Å². The molecule has 5 aromatic rings. The molecule has 0 aliphatic rings. The Bertz CT molecular complexity index is 1350. The number of aromatic nitrogens is 5. The molecule has 0 aliphatic heterocycles. The highest BCUT2D eigenvalue weighted by atomic mass is 32.2. The zero-order valence-corrected chi connectivity index (χ0v) is 16.7. The lowest BCUT2D eigenvalue weighted by Gasteiger charge is -2.14. The van der Waals surface area contributed by atoms with Gasteiger partial charge >= 0.3 is 0 Å². The molecule has 3 heterocycles. The van der Waals surface area contributed by atoms with Crippen molar-refractivity contribution >= 4 is 45.6 Å². The average Bonchev–Trinajstić information content (AvgIpc) is 3.34. The predicted molar refractivity (Wildman–Crippen MR) is 114 cm³/mol. The molecule has 1 amide bonds. The summed E-state index contributed by atoms with van der Waals surface area (Å²) in [4.78, 5) is 20.9. The van der Waals surface area contributed by atoms with E-state index in [1.807, 2.05) is 54.6 Å². The summed E-state index contributed by atoms with van der Waals surface area (Å²) < 4.78 is 5.04. The average molecular weight is 416 g/mol. The number of aromatic amines is 1. The number of rotatable bonds is 5. The number of amides is 1. The van der Waals surface area contributed by atoms with E-state index in [4.69, 9.17) is 4.52 Å². The number of anilines is 1. The molecule has 0 spiro atoms. The molecule has 0 fully saturated rings. The molecule has 1 atom stereocenters. The normalized spacial score (nSPS) is 12.3. The van der Waals surface area contributed by atoms with Crippen LogP contribution in [0.15, 0.2) is 70.3 Å². The summed E-state index contributed by atoms with van der Waals surface area (Å²) in [5, 5.41) is 16.0. The number of carbonyl (C=O) groups excluding carboxylic acids is 1. The highest BCUT2D eigenvalue weighted by Gasteiger charge is 2.25. The number of hydrogen-bond acceptors (Lipinski definition) is 7. The lowest BCUT2D eigenvalue weighted by Crippen LogP contribution is -2.19. The molecule has 148 valence electrons. The zero-order chi connectivity index (χ0) is 20.5. The second-order valence-corrected chi connectivity index (χ2v) is 7.76. The highest BCUT2D eigenvalue weighted by molar-refractivity contribution is 8.00. The van der Waals surface area contributed by atoms with E-state index >= 15 is 0 Å². The summed E-state index contributed by atoms with van der Waals surface area (Å²) in [5.74, 6) is 0.731. The van der Waals surface area contributed by atoms with Crippen molar-refractivity contribution in [3.05, 3.63) is 72.0 Å². The lowest BCUT2D eigenvalue weighted by molar-refractivity contribution is -0.115. The summed E-state index contributed by atoms with van der Waals surface area (Å²) in [6.07, 6.45) is 0. The van der Waals surface area contributed by atoms with Crippen LogP contribution in [0, 0.1) is 6.92 Å². The van der Waals surface area contributed by atoms with Gasteiger partial charge in [0.1, 0.15) is 16.5 Å². The molecular weight excluding hydrogens is 400 g/mol. The summed E-state index contributed by atoms with van der Waals surface area (Å²) >= 11 is 1.23. The van der Waals surface area contributed by atoms with E-state index < -0.39 is 5.25 Å². The Morgan fingerprint density at radius 1 is 1.10 bits per heavy atom. The monoisotopic (exact) mass is 416 g/mol. The minimum absolute atomic E-state index is 0.250. The van der Waals surface area contributed by atoms with E-state index in [9.17, 15) is 4.79 Å². The van der Waals surface area contributed by atoms with Gasteiger partial charge in [-0.05, 0) is 18.6 Å². The molecule has 5 rings (SSSR count). The van der Waals surface area contributed by atoms with Crippen LogP contribution in [0.25, 0.3) is 22.1 Å². The second kappa shape index (κ2) is 7.60. The maximum absolute atomic E-state index is 13.0. The summed E-state index contributed by atoms with van der Waals surface area (Å²) in [6.45, 7) is 1.77. The van der Waals surface area contributed by atoms with Crippen molar-refractivity contribution in [3.63, 3.8) is 0 Å². The van der Waals surface area contributed by atoms with Crippen LogP contribution in [0.3, 0.4) is 0 Å². The van der Waals surface area contributed by atoms with Gasteiger partial charge in [0.05, 0.1) is 0 Å². The Morgan fingerprint density at radius 2 is 1.90 bits per heavy atom. The summed E-state index contributed by atoms with van der Waals surface area (Å²) in [6, 6.07) is 18.9. The van der Waals surface area contributed by atoms with Crippen molar-refractivity contribution in [2.75, 3.05) is 5.32 Å². The van der Waals surface area contributed by atoms with Crippen molar-refractivity contribution in [1.82, 2.24) is 25.3 Å². The molecule has 0 radical (unpaired) electrons. The SMILES string of the molecule is Cc1cc(NC(=O)[C@@H](Sc2nnc3c(n2)[nH]c2ccccc23)c2ccccc2)no1. The summed E-state index contributed by atoms with van der Waals surface area (Å²) in [5.41, 5.74) is 3.09. The fourth-order valence-corrected chi connectivity index (χ4v) is 4.08. The van der Waals surface area contributed by atoms with Gasteiger partial charge in [0.25, 0.3) is 0 Å². The number of nitrogens with one attached hydrogen (secondary N) is 2. The lowest BCUT2D eigenvalue weighted by atomic mass is 10.1. The molecular formula is C21H16N6O2S. The van der Waals surface area contributed by atoms with Crippen LogP contribution in [0.4, 0.5) is 5.82 Å². The van der Waals surface area contributed by atoms with Gasteiger partial charge < -0.3 is 14.8 Å². The first-order valence-corrected chi connectivity index (χ1v) is 10.1. The Kier molecular flexibility index (Phi) is 4.64. The Balaban J connectivity index is 1.48. The second-order valence-electron chi connectivity index (χ2n) is 6.68. The van der Waals surface area contributed by atoms with Crippen molar-refractivity contribution in [2.24, 2.45) is 0 Å². The predicted octanol–water partition coefficient (Wildman–Crippen LogP) is 4.27. The largest absolute Gasteiger partial charge is 0.360 e. The van der Waals surface area contributed by atoms with Crippen LogP contribution in [0.5, 0.6) is 0 Å². The third-order valence-electron chi connectivity index (χ3n) is 4.55. The van der Waals surface area contributed by atoms with E-state index in [1.54, 1.807) is 13.0 Å².